The Bertz CT molecular complexity index is 2340. The van der Waals surface area contributed by atoms with Crippen LogP contribution in [0.4, 0.5) is 5.69 Å². The smallest absolute Gasteiger partial charge is 0.160 e. The van der Waals surface area contributed by atoms with Crippen molar-refractivity contribution in [3.8, 4) is 33.8 Å². The van der Waals surface area contributed by atoms with E-state index >= 15 is 0 Å². The van der Waals surface area contributed by atoms with E-state index in [1.165, 1.54) is 5.39 Å². The molecule has 4 nitrogen and oxygen atoms in total. The first kappa shape index (κ1) is 27.2. The third kappa shape index (κ3) is 4.82. The number of fused-ring (bicyclic) bond motifs is 4. The van der Waals surface area contributed by atoms with Gasteiger partial charge in [-0.3, -0.25) is 4.99 Å². The zero-order valence-electron chi connectivity index (χ0n) is 25.6. The van der Waals surface area contributed by atoms with Crippen LogP contribution in [0.3, 0.4) is 0 Å². The van der Waals surface area contributed by atoms with E-state index in [0.717, 1.165) is 67.1 Å². The first-order valence-electron chi connectivity index (χ1n) is 16.0. The molecule has 2 heterocycles. The van der Waals surface area contributed by atoms with Crippen molar-refractivity contribution < 1.29 is 0 Å². The van der Waals surface area contributed by atoms with Crippen molar-refractivity contribution in [2.75, 3.05) is 4.90 Å². The number of rotatable bonds is 5. The summed E-state index contributed by atoms with van der Waals surface area (Å²) in [4.78, 5) is 17.7. The van der Waals surface area contributed by atoms with E-state index in [1.807, 2.05) is 18.2 Å². The lowest BCUT2D eigenvalue weighted by Crippen LogP contribution is -2.39. The van der Waals surface area contributed by atoms with Crippen LogP contribution >= 0.6 is 0 Å². The molecule has 1 aliphatic carbocycles. The quantitative estimate of drug-likeness (QED) is 0.184. The molecule has 0 saturated carbocycles. The van der Waals surface area contributed by atoms with Gasteiger partial charge in [0.2, 0.25) is 0 Å². The fraction of sp³-hybridized carbons (Fsp3) is 0.0465. The highest BCUT2D eigenvalue weighted by Gasteiger charge is 2.35. The maximum atomic E-state index is 5.15. The standard InChI is InChI=1S/C43H30N4/c1-3-12-33(13-4-1)42-45-40(37-28-27-31-11-7-8-16-36(31)41(37)46-42)32-23-19-29(20-24-32)30-21-25-34(26-22-30)43-44-38-17-9-10-18-39(38)47(43)35-14-5-2-6-15-35/h1-28,38-39H. The number of aromatic nitrogens is 2. The van der Waals surface area contributed by atoms with Crippen molar-refractivity contribution in [3.05, 3.63) is 175 Å². The van der Waals surface area contributed by atoms with Crippen LogP contribution in [0.2, 0.25) is 0 Å². The van der Waals surface area contributed by atoms with Gasteiger partial charge in [-0.1, -0.05) is 152 Å². The molecular weight excluding hydrogens is 573 g/mol. The van der Waals surface area contributed by atoms with Crippen LogP contribution in [0.25, 0.3) is 55.4 Å². The molecular formula is C43H30N4. The second kappa shape index (κ2) is 11.3. The number of allylic oxidation sites excluding steroid dienone is 2. The summed E-state index contributed by atoms with van der Waals surface area (Å²) in [7, 11) is 0. The summed E-state index contributed by atoms with van der Waals surface area (Å²) in [6.07, 6.45) is 8.65. The number of benzene rings is 6. The second-order valence-electron chi connectivity index (χ2n) is 12.0. The SMILES string of the molecule is C1=CC2N=C(c3ccc(-c4ccc(-c5nc(-c6ccccc6)nc6c5ccc5ccccc56)cc4)cc3)N(c3ccccc3)C2C=C1. The van der Waals surface area contributed by atoms with Crippen LogP contribution < -0.4 is 4.90 Å². The molecule has 4 heteroatoms. The van der Waals surface area contributed by atoms with Crippen LogP contribution in [0.5, 0.6) is 0 Å². The summed E-state index contributed by atoms with van der Waals surface area (Å²) in [5, 5.41) is 3.35. The number of hydrogen-bond acceptors (Lipinski definition) is 4. The fourth-order valence-corrected chi connectivity index (χ4v) is 6.82. The monoisotopic (exact) mass is 602 g/mol. The molecule has 222 valence electrons. The third-order valence-corrected chi connectivity index (χ3v) is 9.17. The Balaban J connectivity index is 1.07. The number of anilines is 1. The second-order valence-corrected chi connectivity index (χ2v) is 12.0. The molecule has 2 unspecified atom stereocenters. The van der Waals surface area contributed by atoms with Crippen molar-refractivity contribution in [1.29, 1.82) is 0 Å². The molecule has 0 fully saturated rings. The molecule has 0 amide bonds. The van der Waals surface area contributed by atoms with Gasteiger partial charge in [0.15, 0.2) is 5.82 Å². The van der Waals surface area contributed by atoms with Gasteiger partial charge in [-0.05, 0) is 34.7 Å². The zero-order valence-corrected chi connectivity index (χ0v) is 25.6. The van der Waals surface area contributed by atoms with Crippen LogP contribution in [0, 0.1) is 0 Å². The molecule has 0 spiro atoms. The predicted octanol–water partition coefficient (Wildman–Crippen LogP) is 9.91. The molecule has 7 aromatic rings. The summed E-state index contributed by atoms with van der Waals surface area (Å²) in [6.45, 7) is 0. The number of aliphatic imine (C=N–C) groups is 1. The van der Waals surface area contributed by atoms with E-state index in [0.29, 0.717) is 0 Å². The Morgan fingerprint density at radius 1 is 0.468 bits per heavy atom. The molecule has 1 aliphatic heterocycles. The number of amidine groups is 1. The lowest BCUT2D eigenvalue weighted by molar-refractivity contribution is 0.739. The largest absolute Gasteiger partial charge is 0.317 e. The maximum Gasteiger partial charge on any atom is 0.160 e. The van der Waals surface area contributed by atoms with E-state index < -0.39 is 0 Å². The first-order valence-corrected chi connectivity index (χ1v) is 16.0. The van der Waals surface area contributed by atoms with Gasteiger partial charge in [-0.15, -0.1) is 0 Å². The Morgan fingerprint density at radius 2 is 1.11 bits per heavy atom. The van der Waals surface area contributed by atoms with Crippen LogP contribution in [-0.4, -0.2) is 27.9 Å². The maximum absolute atomic E-state index is 5.15. The topological polar surface area (TPSA) is 41.4 Å². The predicted molar refractivity (Wildman–Crippen MR) is 195 cm³/mol. The highest BCUT2D eigenvalue weighted by Crippen LogP contribution is 2.35. The van der Waals surface area contributed by atoms with Gasteiger partial charge in [-0.2, -0.15) is 0 Å². The van der Waals surface area contributed by atoms with Crippen LogP contribution in [0.1, 0.15) is 5.56 Å². The minimum Gasteiger partial charge on any atom is -0.317 e. The minimum atomic E-state index is 0.112. The van der Waals surface area contributed by atoms with Gasteiger partial charge in [0, 0.05) is 33.2 Å². The Kier molecular flexibility index (Phi) is 6.57. The van der Waals surface area contributed by atoms with Crippen LogP contribution in [-0.2, 0) is 0 Å². The number of nitrogens with zero attached hydrogens (tertiary/aromatic N) is 4. The van der Waals surface area contributed by atoms with Gasteiger partial charge in [0.05, 0.1) is 23.3 Å². The summed E-state index contributed by atoms with van der Waals surface area (Å²) >= 11 is 0. The first-order chi connectivity index (χ1) is 23.3. The van der Waals surface area contributed by atoms with E-state index in [4.69, 9.17) is 15.0 Å². The third-order valence-electron chi connectivity index (χ3n) is 9.17. The summed E-state index contributed by atoms with van der Waals surface area (Å²) in [5.41, 5.74) is 8.55. The summed E-state index contributed by atoms with van der Waals surface area (Å²) < 4.78 is 0. The van der Waals surface area contributed by atoms with Gasteiger partial charge >= 0.3 is 0 Å². The Labute approximate surface area is 273 Å². The van der Waals surface area contributed by atoms with E-state index in [9.17, 15) is 0 Å². The van der Waals surface area contributed by atoms with E-state index in [-0.39, 0.29) is 12.1 Å². The molecule has 2 aliphatic rings. The normalized spacial score (nSPS) is 16.9. The van der Waals surface area contributed by atoms with Gasteiger partial charge in [-0.25, -0.2) is 9.97 Å². The van der Waals surface area contributed by atoms with Crippen LogP contribution in [0.15, 0.2) is 175 Å². The molecule has 2 atom stereocenters. The Hall–Kier alpha value is -6.13. The van der Waals surface area contributed by atoms with Gasteiger partial charge in [0.1, 0.15) is 5.84 Å². The summed E-state index contributed by atoms with van der Waals surface area (Å²) in [6, 6.07) is 51.3. The molecule has 0 saturated heterocycles. The van der Waals surface area contributed by atoms with E-state index in [2.05, 4.69) is 157 Å². The molecule has 0 radical (unpaired) electrons. The van der Waals surface area contributed by atoms with Gasteiger partial charge < -0.3 is 4.90 Å². The fourth-order valence-electron chi connectivity index (χ4n) is 6.82. The van der Waals surface area contributed by atoms with Crippen molar-refractivity contribution in [3.63, 3.8) is 0 Å². The summed E-state index contributed by atoms with van der Waals surface area (Å²) in [5.74, 6) is 1.73. The minimum absolute atomic E-state index is 0.112. The highest BCUT2D eigenvalue weighted by molar-refractivity contribution is 6.13. The van der Waals surface area contributed by atoms with Crippen molar-refractivity contribution >= 4 is 33.2 Å². The number of para-hydroxylation sites is 1. The molecule has 0 N–H and O–H groups in total. The van der Waals surface area contributed by atoms with Gasteiger partial charge in [0.25, 0.3) is 0 Å². The molecule has 47 heavy (non-hydrogen) atoms. The van der Waals surface area contributed by atoms with Crippen molar-refractivity contribution in [2.45, 2.75) is 12.1 Å². The lowest BCUT2D eigenvalue weighted by atomic mass is 9.98. The van der Waals surface area contributed by atoms with E-state index in [1.54, 1.807) is 0 Å². The molecule has 9 rings (SSSR count). The molecule has 0 bridgehead atoms. The lowest BCUT2D eigenvalue weighted by Gasteiger charge is -2.29. The molecule has 1 aromatic heterocycles. The molecule has 6 aromatic carbocycles. The average Bonchev–Trinajstić information content (AvgIpc) is 3.55. The average molecular weight is 603 g/mol. The van der Waals surface area contributed by atoms with Crippen molar-refractivity contribution in [1.82, 2.24) is 9.97 Å². The van der Waals surface area contributed by atoms with Crippen molar-refractivity contribution in [2.24, 2.45) is 4.99 Å². The highest BCUT2D eigenvalue weighted by atomic mass is 15.3. The Morgan fingerprint density at radius 3 is 1.87 bits per heavy atom. The number of hydrogen-bond donors (Lipinski definition) is 0. The zero-order chi connectivity index (χ0) is 31.2.